The third-order valence-electron chi connectivity index (χ3n) is 7.73. The Labute approximate surface area is 286 Å². The number of aromatic nitrogens is 1. The maximum Gasteiger partial charge on any atom is 0.248 e. The molecule has 3 N–H and O–H groups in total. The molecule has 5 aromatic rings. The second kappa shape index (κ2) is 15.8. The number of nitrogens with zero attached hydrogens (tertiary/aromatic N) is 3. The van der Waals surface area contributed by atoms with Gasteiger partial charge in [0.15, 0.2) is 0 Å². The van der Waals surface area contributed by atoms with Gasteiger partial charge in [-0.05, 0) is 95.4 Å². The summed E-state index contributed by atoms with van der Waals surface area (Å²) in [5.74, 6) is 0.616. The van der Waals surface area contributed by atoms with Gasteiger partial charge in [-0.3, -0.25) is 14.5 Å². The number of nitriles is 1. The topological polar surface area (TPSA) is 148 Å². The molecule has 1 heterocycles. The van der Waals surface area contributed by atoms with Crippen LogP contribution in [0.15, 0.2) is 109 Å². The number of benzene rings is 4. The number of anilines is 2. The van der Waals surface area contributed by atoms with Crippen molar-refractivity contribution in [2.75, 3.05) is 22.5 Å². The van der Waals surface area contributed by atoms with E-state index in [-0.39, 0.29) is 6.61 Å². The number of sulfonamides is 1. The number of primary amides is 1. The number of hydrogen-bond donors (Lipinski definition) is 2. The lowest BCUT2D eigenvalue weighted by Gasteiger charge is -2.28. The molecule has 5 rings (SSSR count). The fourth-order valence-electron chi connectivity index (χ4n) is 5.29. The molecule has 0 aliphatic heterocycles. The molecule has 1 amide bonds. The van der Waals surface area contributed by atoms with Crippen LogP contribution in [-0.4, -0.2) is 32.2 Å². The van der Waals surface area contributed by atoms with E-state index in [2.05, 4.69) is 20.7 Å². The molecule has 0 saturated heterocycles. The fraction of sp³-hybridized carbons (Fsp3) is 0.184. The van der Waals surface area contributed by atoms with E-state index in [9.17, 15) is 18.5 Å². The molecular formula is C38H37N5O5S. The number of carbonyl (C=O) groups excluding carboxylic acids is 1. The van der Waals surface area contributed by atoms with Crippen LogP contribution >= 0.6 is 0 Å². The van der Waals surface area contributed by atoms with E-state index in [0.29, 0.717) is 54.4 Å². The van der Waals surface area contributed by atoms with Crippen molar-refractivity contribution < 1.29 is 22.7 Å². The number of hydrogen-bond acceptors (Lipinski definition) is 8. The first-order valence-electron chi connectivity index (χ1n) is 15.5. The molecule has 10 nitrogen and oxygen atoms in total. The molecule has 0 aliphatic rings. The maximum atomic E-state index is 12.0. The number of nitrogens with one attached hydrogen (secondary N) is 1. The van der Waals surface area contributed by atoms with Gasteiger partial charge in [-0.25, -0.2) is 8.42 Å². The largest absolute Gasteiger partial charge is 0.493 e. The highest BCUT2D eigenvalue weighted by Gasteiger charge is 2.16. The summed E-state index contributed by atoms with van der Waals surface area (Å²) in [5.41, 5.74) is 12.5. The smallest absolute Gasteiger partial charge is 0.248 e. The normalized spacial score (nSPS) is 11.0. The Morgan fingerprint density at radius 2 is 1.59 bits per heavy atom. The Morgan fingerprint density at radius 3 is 2.22 bits per heavy atom. The predicted octanol–water partition coefficient (Wildman–Crippen LogP) is 6.14. The minimum atomic E-state index is -3.47. The van der Waals surface area contributed by atoms with Crippen LogP contribution in [0.3, 0.4) is 0 Å². The van der Waals surface area contributed by atoms with Gasteiger partial charge in [0, 0.05) is 43.2 Å². The van der Waals surface area contributed by atoms with Crippen molar-refractivity contribution in [1.29, 1.82) is 5.26 Å². The third kappa shape index (κ3) is 10.1. The Bertz CT molecular complexity index is 2050. The lowest BCUT2D eigenvalue weighted by molar-refractivity contribution is 0.0999. The number of nitrogens with two attached hydrogens (primary N) is 1. The van der Waals surface area contributed by atoms with Gasteiger partial charge < -0.3 is 20.1 Å². The zero-order valence-corrected chi connectivity index (χ0v) is 28.1. The van der Waals surface area contributed by atoms with Gasteiger partial charge in [-0.1, -0.05) is 36.4 Å². The lowest BCUT2D eigenvalue weighted by atomic mass is 10.1. The van der Waals surface area contributed by atoms with Crippen LogP contribution in [0.1, 0.15) is 43.7 Å². The van der Waals surface area contributed by atoms with E-state index in [1.165, 1.54) is 0 Å². The van der Waals surface area contributed by atoms with Crippen LogP contribution in [0.4, 0.5) is 11.4 Å². The van der Waals surface area contributed by atoms with E-state index in [1.807, 2.05) is 73.7 Å². The Balaban J connectivity index is 1.29. The molecule has 0 bridgehead atoms. The average molecular weight is 676 g/mol. The van der Waals surface area contributed by atoms with Crippen molar-refractivity contribution in [3.8, 4) is 17.6 Å². The number of rotatable bonds is 15. The zero-order valence-electron chi connectivity index (χ0n) is 27.3. The summed E-state index contributed by atoms with van der Waals surface area (Å²) in [5, 5.41) is 9.23. The highest BCUT2D eigenvalue weighted by Crippen LogP contribution is 2.30. The standard InChI is InChI=1S/C38H37N5O5S/c1-27-36(42-49(2,45)46)6-3-7-37(27)43(24-30-10-8-28(22-39)9-11-30)25-31-12-14-34(15-13-31)48-26-32-19-33(38(40)44)21-35(20-32)47-18-16-29-5-4-17-41-23-29/h3-15,17,19-21,23,42H,16,18,24-26H2,1-2H3,(H2,40,44). The molecule has 0 atom stereocenters. The van der Waals surface area contributed by atoms with E-state index >= 15 is 0 Å². The van der Waals surface area contributed by atoms with E-state index in [1.54, 1.807) is 42.7 Å². The van der Waals surface area contributed by atoms with E-state index in [0.717, 1.165) is 39.8 Å². The third-order valence-corrected chi connectivity index (χ3v) is 8.32. The van der Waals surface area contributed by atoms with Crippen molar-refractivity contribution in [3.05, 3.63) is 148 Å². The second-order valence-corrected chi connectivity index (χ2v) is 13.4. The molecule has 0 fully saturated rings. The van der Waals surface area contributed by atoms with E-state index < -0.39 is 15.9 Å². The van der Waals surface area contributed by atoms with Gasteiger partial charge in [-0.15, -0.1) is 0 Å². The molecule has 0 spiro atoms. The van der Waals surface area contributed by atoms with Crippen LogP contribution < -0.4 is 24.8 Å². The average Bonchev–Trinajstić information content (AvgIpc) is 3.09. The van der Waals surface area contributed by atoms with Gasteiger partial charge in [0.2, 0.25) is 15.9 Å². The zero-order chi connectivity index (χ0) is 34.8. The molecule has 49 heavy (non-hydrogen) atoms. The predicted molar refractivity (Wildman–Crippen MR) is 190 cm³/mol. The Hall–Kier alpha value is -5.86. The SMILES string of the molecule is Cc1c(NS(C)(=O)=O)cccc1N(Cc1ccc(C#N)cc1)Cc1ccc(OCc2cc(OCCc3cccnc3)cc(C(N)=O)c2)cc1. The van der Waals surface area contributed by atoms with Gasteiger partial charge in [0.1, 0.15) is 18.1 Å². The Morgan fingerprint density at radius 1 is 0.878 bits per heavy atom. The van der Waals surface area contributed by atoms with Crippen molar-refractivity contribution in [1.82, 2.24) is 4.98 Å². The number of amides is 1. The van der Waals surface area contributed by atoms with Crippen molar-refractivity contribution in [2.45, 2.75) is 33.0 Å². The molecule has 4 aromatic carbocycles. The summed E-state index contributed by atoms with van der Waals surface area (Å²) in [4.78, 5) is 18.3. The minimum absolute atomic E-state index is 0.198. The molecule has 0 aliphatic carbocycles. The summed E-state index contributed by atoms with van der Waals surface area (Å²) in [6.07, 6.45) is 5.31. The monoisotopic (exact) mass is 675 g/mol. The molecule has 250 valence electrons. The quantitative estimate of drug-likeness (QED) is 0.135. The molecule has 0 unspecified atom stereocenters. The highest BCUT2D eigenvalue weighted by molar-refractivity contribution is 7.92. The van der Waals surface area contributed by atoms with Crippen molar-refractivity contribution >= 4 is 27.3 Å². The lowest BCUT2D eigenvalue weighted by Crippen LogP contribution is -2.23. The summed E-state index contributed by atoms with van der Waals surface area (Å²) in [6.45, 7) is 3.54. The maximum absolute atomic E-state index is 12.0. The number of carbonyl (C=O) groups is 1. The van der Waals surface area contributed by atoms with Crippen molar-refractivity contribution in [3.63, 3.8) is 0 Å². The second-order valence-electron chi connectivity index (χ2n) is 11.6. The summed E-state index contributed by atoms with van der Waals surface area (Å²) in [7, 11) is -3.47. The minimum Gasteiger partial charge on any atom is -0.493 e. The number of ether oxygens (including phenoxy) is 2. The van der Waals surface area contributed by atoms with Gasteiger partial charge in [0.05, 0.1) is 30.2 Å². The summed E-state index contributed by atoms with van der Waals surface area (Å²) < 4.78 is 38.6. The summed E-state index contributed by atoms with van der Waals surface area (Å²) in [6, 6.07) is 31.8. The van der Waals surface area contributed by atoms with Gasteiger partial charge in [-0.2, -0.15) is 5.26 Å². The molecule has 1 aromatic heterocycles. The van der Waals surface area contributed by atoms with Gasteiger partial charge >= 0.3 is 0 Å². The molecular weight excluding hydrogens is 639 g/mol. The molecule has 11 heteroatoms. The van der Waals surface area contributed by atoms with Crippen LogP contribution in [0, 0.1) is 18.3 Å². The first kappa shape index (κ1) is 34.5. The van der Waals surface area contributed by atoms with Crippen LogP contribution in [0.25, 0.3) is 0 Å². The van der Waals surface area contributed by atoms with E-state index in [4.69, 9.17) is 15.2 Å². The van der Waals surface area contributed by atoms with Crippen LogP contribution in [0.2, 0.25) is 0 Å². The summed E-state index contributed by atoms with van der Waals surface area (Å²) >= 11 is 0. The first-order valence-corrected chi connectivity index (χ1v) is 17.4. The van der Waals surface area contributed by atoms with Gasteiger partial charge in [0.25, 0.3) is 0 Å². The Kier molecular flexibility index (Phi) is 11.1. The van der Waals surface area contributed by atoms with Crippen molar-refractivity contribution in [2.24, 2.45) is 5.73 Å². The van der Waals surface area contributed by atoms with Crippen LogP contribution in [-0.2, 0) is 36.1 Å². The highest BCUT2D eigenvalue weighted by atomic mass is 32.2. The fourth-order valence-corrected chi connectivity index (χ4v) is 5.91. The molecule has 0 saturated carbocycles. The van der Waals surface area contributed by atoms with Crippen LogP contribution in [0.5, 0.6) is 11.5 Å². The first-order chi connectivity index (χ1) is 23.6. The molecule has 0 radical (unpaired) electrons. The number of pyridine rings is 1.